The molecule has 0 bridgehead atoms. The third-order valence-electron chi connectivity index (χ3n) is 4.21. The highest BCUT2D eigenvalue weighted by Gasteiger charge is 2.14. The van der Waals surface area contributed by atoms with E-state index in [2.05, 4.69) is 0 Å². The van der Waals surface area contributed by atoms with Gasteiger partial charge in [-0.3, -0.25) is 9.13 Å². The van der Waals surface area contributed by atoms with Crippen molar-refractivity contribution in [3.05, 3.63) is 64.6 Å². The molecular formula is C19H22N2O4. The maximum absolute atomic E-state index is 12.4. The molecule has 0 fully saturated rings. The Labute approximate surface area is 145 Å². The number of benzene rings is 2. The van der Waals surface area contributed by atoms with Crippen LogP contribution < -0.4 is 10.4 Å². The second kappa shape index (κ2) is 7.55. The number of aromatic nitrogens is 2. The van der Waals surface area contributed by atoms with Crippen molar-refractivity contribution in [3.8, 4) is 5.75 Å². The monoisotopic (exact) mass is 342 g/mol. The van der Waals surface area contributed by atoms with E-state index in [0.717, 1.165) is 22.3 Å². The summed E-state index contributed by atoms with van der Waals surface area (Å²) in [7, 11) is 3.34. The second-order valence-electron chi connectivity index (χ2n) is 5.92. The SMILES string of the molecule is COc1ccccc1COC[C@@H](O)Cn1c(=O)n(C)c2ccccc21. The molecule has 3 rings (SSSR count). The number of fused-ring (bicyclic) bond motifs is 1. The van der Waals surface area contributed by atoms with Crippen molar-refractivity contribution in [2.24, 2.45) is 7.05 Å². The fourth-order valence-electron chi connectivity index (χ4n) is 2.93. The summed E-state index contributed by atoms with van der Waals surface area (Å²) >= 11 is 0. The Kier molecular flexibility index (Phi) is 5.21. The van der Waals surface area contributed by atoms with Gasteiger partial charge in [-0.05, 0) is 18.2 Å². The van der Waals surface area contributed by atoms with Crippen molar-refractivity contribution in [3.63, 3.8) is 0 Å². The van der Waals surface area contributed by atoms with Crippen LogP contribution in [0.15, 0.2) is 53.3 Å². The zero-order valence-corrected chi connectivity index (χ0v) is 14.4. The number of ether oxygens (including phenoxy) is 2. The van der Waals surface area contributed by atoms with E-state index in [9.17, 15) is 9.90 Å². The van der Waals surface area contributed by atoms with Crippen LogP contribution in [0.25, 0.3) is 11.0 Å². The first kappa shape index (κ1) is 17.3. The van der Waals surface area contributed by atoms with Crippen LogP contribution in [0.2, 0.25) is 0 Å². The van der Waals surface area contributed by atoms with Crippen LogP contribution in [0.3, 0.4) is 0 Å². The topological polar surface area (TPSA) is 65.6 Å². The van der Waals surface area contributed by atoms with Crippen LogP contribution in [-0.2, 0) is 24.9 Å². The predicted octanol–water partition coefficient (Wildman–Crippen LogP) is 1.93. The van der Waals surface area contributed by atoms with E-state index in [1.807, 2.05) is 48.5 Å². The number of aryl methyl sites for hydroxylation is 1. The van der Waals surface area contributed by atoms with Gasteiger partial charge in [-0.1, -0.05) is 30.3 Å². The molecule has 0 aliphatic heterocycles. The van der Waals surface area contributed by atoms with Gasteiger partial charge in [0.1, 0.15) is 5.75 Å². The molecule has 1 N–H and O–H groups in total. The Hall–Kier alpha value is -2.57. The van der Waals surface area contributed by atoms with Gasteiger partial charge < -0.3 is 14.6 Å². The number of methoxy groups -OCH3 is 1. The van der Waals surface area contributed by atoms with Crippen molar-refractivity contribution >= 4 is 11.0 Å². The summed E-state index contributed by atoms with van der Waals surface area (Å²) in [6, 6.07) is 15.1. The molecule has 0 unspecified atom stereocenters. The summed E-state index contributed by atoms with van der Waals surface area (Å²) in [5, 5.41) is 10.3. The van der Waals surface area contributed by atoms with Gasteiger partial charge in [0.25, 0.3) is 0 Å². The molecule has 0 amide bonds. The first-order chi connectivity index (χ1) is 12.1. The van der Waals surface area contributed by atoms with Crippen LogP contribution in [0.1, 0.15) is 5.56 Å². The van der Waals surface area contributed by atoms with E-state index in [0.29, 0.717) is 6.61 Å². The summed E-state index contributed by atoms with van der Waals surface area (Å²) in [4.78, 5) is 12.4. The van der Waals surface area contributed by atoms with Gasteiger partial charge in [0.05, 0.1) is 44.0 Å². The summed E-state index contributed by atoms with van der Waals surface area (Å²) in [6.45, 7) is 0.658. The van der Waals surface area contributed by atoms with E-state index in [-0.39, 0.29) is 18.8 Å². The minimum absolute atomic E-state index is 0.133. The van der Waals surface area contributed by atoms with Crippen LogP contribution in [0.4, 0.5) is 0 Å². The summed E-state index contributed by atoms with van der Waals surface area (Å²) in [6.07, 6.45) is -0.779. The highest BCUT2D eigenvalue weighted by Crippen LogP contribution is 2.18. The van der Waals surface area contributed by atoms with E-state index in [1.54, 1.807) is 23.3 Å². The fraction of sp³-hybridized carbons (Fsp3) is 0.316. The molecule has 0 spiro atoms. The molecular weight excluding hydrogens is 320 g/mol. The first-order valence-corrected chi connectivity index (χ1v) is 8.13. The Morgan fingerprint density at radius 2 is 1.76 bits per heavy atom. The van der Waals surface area contributed by atoms with Crippen LogP contribution in [-0.4, -0.2) is 34.1 Å². The summed E-state index contributed by atoms with van der Waals surface area (Å²) in [5.41, 5.74) is 2.41. The normalized spacial score (nSPS) is 12.4. The average Bonchev–Trinajstić information content (AvgIpc) is 2.87. The molecule has 1 atom stereocenters. The molecule has 3 aromatic rings. The Morgan fingerprint density at radius 3 is 2.52 bits per heavy atom. The molecule has 132 valence electrons. The van der Waals surface area contributed by atoms with E-state index in [4.69, 9.17) is 9.47 Å². The van der Waals surface area contributed by atoms with Crippen LogP contribution >= 0.6 is 0 Å². The smallest absolute Gasteiger partial charge is 0.328 e. The molecule has 25 heavy (non-hydrogen) atoms. The lowest BCUT2D eigenvalue weighted by molar-refractivity contribution is 0.0198. The lowest BCUT2D eigenvalue weighted by Gasteiger charge is -2.13. The lowest BCUT2D eigenvalue weighted by atomic mass is 10.2. The van der Waals surface area contributed by atoms with Crippen LogP contribution in [0.5, 0.6) is 5.75 Å². The lowest BCUT2D eigenvalue weighted by Crippen LogP contribution is -2.30. The molecule has 0 saturated heterocycles. The number of hydrogen-bond acceptors (Lipinski definition) is 4. The number of rotatable bonds is 7. The molecule has 0 radical (unpaired) electrons. The third kappa shape index (κ3) is 3.60. The Bertz CT molecular complexity index is 913. The summed E-state index contributed by atoms with van der Waals surface area (Å²) in [5.74, 6) is 0.752. The van der Waals surface area contributed by atoms with Gasteiger partial charge in [0.15, 0.2) is 0 Å². The van der Waals surface area contributed by atoms with Gasteiger partial charge in [-0.25, -0.2) is 4.79 Å². The highest BCUT2D eigenvalue weighted by atomic mass is 16.5. The second-order valence-corrected chi connectivity index (χ2v) is 5.92. The Balaban J connectivity index is 1.65. The van der Waals surface area contributed by atoms with Gasteiger partial charge in [0, 0.05) is 12.6 Å². The van der Waals surface area contributed by atoms with Crippen molar-refractivity contribution in [1.29, 1.82) is 0 Å². The van der Waals surface area contributed by atoms with Crippen molar-refractivity contribution in [1.82, 2.24) is 9.13 Å². The molecule has 1 aromatic heterocycles. The van der Waals surface area contributed by atoms with Crippen LogP contribution in [0, 0.1) is 0 Å². The third-order valence-corrected chi connectivity index (χ3v) is 4.21. The summed E-state index contributed by atoms with van der Waals surface area (Å²) < 4.78 is 14.0. The molecule has 6 nitrogen and oxygen atoms in total. The van der Waals surface area contributed by atoms with E-state index >= 15 is 0 Å². The number of para-hydroxylation sites is 3. The maximum Gasteiger partial charge on any atom is 0.328 e. The molecule has 0 aliphatic carbocycles. The van der Waals surface area contributed by atoms with Crippen molar-refractivity contribution in [2.45, 2.75) is 19.3 Å². The number of aliphatic hydroxyl groups excluding tert-OH is 1. The number of hydrogen-bond donors (Lipinski definition) is 1. The largest absolute Gasteiger partial charge is 0.496 e. The van der Waals surface area contributed by atoms with Gasteiger partial charge in [-0.15, -0.1) is 0 Å². The number of imidazole rings is 1. The molecule has 6 heteroatoms. The van der Waals surface area contributed by atoms with E-state index in [1.165, 1.54) is 0 Å². The quantitative estimate of drug-likeness (QED) is 0.712. The van der Waals surface area contributed by atoms with E-state index < -0.39 is 6.10 Å². The zero-order valence-electron chi connectivity index (χ0n) is 14.4. The molecule has 0 saturated carbocycles. The Morgan fingerprint density at radius 1 is 1.08 bits per heavy atom. The minimum atomic E-state index is -0.779. The minimum Gasteiger partial charge on any atom is -0.496 e. The van der Waals surface area contributed by atoms with Crippen molar-refractivity contribution in [2.75, 3.05) is 13.7 Å². The highest BCUT2D eigenvalue weighted by molar-refractivity contribution is 5.75. The molecule has 1 heterocycles. The molecule has 2 aromatic carbocycles. The number of nitrogens with zero attached hydrogens (tertiary/aromatic N) is 2. The van der Waals surface area contributed by atoms with Gasteiger partial charge in [0.2, 0.25) is 0 Å². The van der Waals surface area contributed by atoms with Gasteiger partial charge >= 0.3 is 5.69 Å². The fourth-order valence-corrected chi connectivity index (χ4v) is 2.93. The van der Waals surface area contributed by atoms with Crippen molar-refractivity contribution < 1.29 is 14.6 Å². The zero-order chi connectivity index (χ0) is 17.8. The average molecular weight is 342 g/mol. The number of aliphatic hydroxyl groups is 1. The standard InChI is InChI=1S/C19H22N2O4/c1-20-16-8-4-5-9-17(16)21(19(20)23)11-15(22)13-25-12-14-7-3-6-10-18(14)24-2/h3-10,15,22H,11-13H2,1-2H3/t15-/m0/s1. The first-order valence-electron chi connectivity index (χ1n) is 8.13. The molecule has 0 aliphatic rings. The van der Waals surface area contributed by atoms with Gasteiger partial charge in [-0.2, -0.15) is 0 Å². The predicted molar refractivity (Wildman–Crippen MR) is 95.8 cm³/mol. The maximum atomic E-state index is 12.4.